The molecule has 19 heavy (non-hydrogen) atoms. The highest BCUT2D eigenvalue weighted by atomic mass is 15.2. The number of pyridine rings is 1. The molecule has 0 aliphatic heterocycles. The van der Waals surface area contributed by atoms with E-state index in [1.165, 1.54) is 11.3 Å². The fourth-order valence-electron chi connectivity index (χ4n) is 2.48. The first kappa shape index (κ1) is 13.7. The van der Waals surface area contributed by atoms with Crippen LogP contribution in [0.1, 0.15) is 35.1 Å². The number of aryl methyl sites for hydroxylation is 4. The van der Waals surface area contributed by atoms with Crippen LogP contribution < -0.4 is 5.32 Å². The number of hydrogen-bond donors (Lipinski definition) is 1. The SMILES string of the molecule is CNC(CCc1ccnn1C)c1cc(C)nc(C)c1. The first-order valence-electron chi connectivity index (χ1n) is 6.69. The average molecular weight is 258 g/mol. The number of nitrogens with one attached hydrogen (secondary N) is 1. The summed E-state index contributed by atoms with van der Waals surface area (Å²) < 4.78 is 1.94. The van der Waals surface area contributed by atoms with E-state index >= 15 is 0 Å². The van der Waals surface area contributed by atoms with Gasteiger partial charge in [0.2, 0.25) is 0 Å². The Kier molecular flexibility index (Phi) is 4.32. The van der Waals surface area contributed by atoms with Gasteiger partial charge in [-0.25, -0.2) is 0 Å². The predicted octanol–water partition coefficient (Wildman–Crippen LogP) is 2.33. The molecule has 0 fully saturated rings. The van der Waals surface area contributed by atoms with Crippen LogP contribution in [0.3, 0.4) is 0 Å². The summed E-state index contributed by atoms with van der Waals surface area (Å²) in [5.74, 6) is 0. The molecule has 4 heteroatoms. The molecule has 0 spiro atoms. The molecule has 1 N–H and O–H groups in total. The predicted molar refractivity (Wildman–Crippen MR) is 77.0 cm³/mol. The van der Waals surface area contributed by atoms with Gasteiger partial charge in [0.05, 0.1) is 0 Å². The minimum Gasteiger partial charge on any atom is -0.313 e. The van der Waals surface area contributed by atoms with E-state index in [9.17, 15) is 0 Å². The van der Waals surface area contributed by atoms with E-state index in [0.717, 1.165) is 24.2 Å². The largest absolute Gasteiger partial charge is 0.313 e. The summed E-state index contributed by atoms with van der Waals surface area (Å²) in [6.07, 6.45) is 3.92. The normalized spacial score (nSPS) is 12.6. The maximum Gasteiger partial charge on any atom is 0.0492 e. The van der Waals surface area contributed by atoms with Crippen molar-refractivity contribution in [3.8, 4) is 0 Å². The van der Waals surface area contributed by atoms with Gasteiger partial charge < -0.3 is 5.32 Å². The molecule has 2 rings (SSSR count). The van der Waals surface area contributed by atoms with E-state index in [2.05, 4.69) is 33.6 Å². The molecule has 0 bridgehead atoms. The molecule has 2 heterocycles. The Hall–Kier alpha value is -1.68. The Labute approximate surface area is 114 Å². The van der Waals surface area contributed by atoms with Crippen molar-refractivity contribution in [2.75, 3.05) is 7.05 Å². The Balaban J connectivity index is 2.09. The number of hydrogen-bond acceptors (Lipinski definition) is 3. The molecule has 0 saturated heterocycles. The topological polar surface area (TPSA) is 42.7 Å². The molecular weight excluding hydrogens is 236 g/mol. The van der Waals surface area contributed by atoms with Crippen LogP contribution >= 0.6 is 0 Å². The minimum absolute atomic E-state index is 0.357. The fraction of sp³-hybridized carbons (Fsp3) is 0.467. The third-order valence-corrected chi connectivity index (χ3v) is 3.47. The summed E-state index contributed by atoms with van der Waals surface area (Å²) in [6, 6.07) is 6.76. The van der Waals surface area contributed by atoms with Crippen LogP contribution in [0.4, 0.5) is 0 Å². The molecule has 102 valence electrons. The van der Waals surface area contributed by atoms with E-state index in [1.54, 1.807) is 0 Å². The lowest BCUT2D eigenvalue weighted by molar-refractivity contribution is 0.534. The zero-order chi connectivity index (χ0) is 13.8. The van der Waals surface area contributed by atoms with Crippen LogP contribution in [0, 0.1) is 13.8 Å². The summed E-state index contributed by atoms with van der Waals surface area (Å²) in [5.41, 5.74) is 4.74. The molecule has 2 aromatic heterocycles. The molecule has 0 radical (unpaired) electrons. The summed E-state index contributed by atoms with van der Waals surface area (Å²) in [6.45, 7) is 4.09. The number of rotatable bonds is 5. The van der Waals surface area contributed by atoms with Crippen LogP contribution in [0.15, 0.2) is 24.4 Å². The van der Waals surface area contributed by atoms with Gasteiger partial charge in [0, 0.05) is 36.4 Å². The lowest BCUT2D eigenvalue weighted by Crippen LogP contribution is -2.18. The molecule has 0 aromatic carbocycles. The van der Waals surface area contributed by atoms with Crippen molar-refractivity contribution in [1.29, 1.82) is 0 Å². The number of aromatic nitrogens is 3. The second-order valence-corrected chi connectivity index (χ2v) is 5.01. The van der Waals surface area contributed by atoms with Crippen molar-refractivity contribution < 1.29 is 0 Å². The summed E-state index contributed by atoms with van der Waals surface area (Å²) in [5, 5.41) is 7.60. The Morgan fingerprint density at radius 1 is 1.26 bits per heavy atom. The van der Waals surface area contributed by atoms with Gasteiger partial charge in [-0.15, -0.1) is 0 Å². The van der Waals surface area contributed by atoms with Gasteiger partial charge in [-0.3, -0.25) is 9.67 Å². The van der Waals surface area contributed by atoms with E-state index in [1.807, 2.05) is 38.8 Å². The summed E-state index contributed by atoms with van der Waals surface area (Å²) >= 11 is 0. The highest BCUT2D eigenvalue weighted by molar-refractivity contribution is 5.23. The molecule has 2 aromatic rings. The standard InChI is InChI=1S/C15H22N4/c1-11-9-13(10-12(2)18-11)15(16-3)6-5-14-7-8-17-19(14)4/h7-10,15-16H,5-6H2,1-4H3. The molecule has 1 unspecified atom stereocenters. The molecule has 0 aliphatic carbocycles. The molecule has 0 aliphatic rings. The van der Waals surface area contributed by atoms with Crippen LogP contribution in [0.2, 0.25) is 0 Å². The fourth-order valence-corrected chi connectivity index (χ4v) is 2.48. The zero-order valence-corrected chi connectivity index (χ0v) is 12.1. The van der Waals surface area contributed by atoms with E-state index < -0.39 is 0 Å². The molecule has 0 saturated carbocycles. The first-order chi connectivity index (χ1) is 9.10. The summed E-state index contributed by atoms with van der Waals surface area (Å²) in [4.78, 5) is 4.43. The molecule has 1 atom stereocenters. The molecular formula is C15H22N4. The van der Waals surface area contributed by atoms with Gasteiger partial charge in [-0.1, -0.05) is 0 Å². The van der Waals surface area contributed by atoms with Crippen molar-refractivity contribution in [2.24, 2.45) is 7.05 Å². The lowest BCUT2D eigenvalue weighted by Gasteiger charge is -2.17. The van der Waals surface area contributed by atoms with E-state index in [4.69, 9.17) is 0 Å². The maximum absolute atomic E-state index is 4.43. The van der Waals surface area contributed by atoms with E-state index in [-0.39, 0.29) is 0 Å². The molecule has 4 nitrogen and oxygen atoms in total. The maximum atomic E-state index is 4.43. The minimum atomic E-state index is 0.357. The van der Waals surface area contributed by atoms with Gasteiger partial charge in [-0.2, -0.15) is 5.10 Å². The summed E-state index contributed by atoms with van der Waals surface area (Å²) in [7, 11) is 4.00. The van der Waals surface area contributed by atoms with Gasteiger partial charge in [0.25, 0.3) is 0 Å². The third-order valence-electron chi connectivity index (χ3n) is 3.47. The van der Waals surface area contributed by atoms with E-state index in [0.29, 0.717) is 6.04 Å². The van der Waals surface area contributed by atoms with Crippen molar-refractivity contribution >= 4 is 0 Å². The quantitative estimate of drug-likeness (QED) is 0.895. The van der Waals surface area contributed by atoms with Gasteiger partial charge in [0.1, 0.15) is 0 Å². The highest BCUT2D eigenvalue weighted by Crippen LogP contribution is 2.20. The zero-order valence-electron chi connectivity index (χ0n) is 12.1. The van der Waals surface area contributed by atoms with Crippen LogP contribution in [-0.4, -0.2) is 21.8 Å². The van der Waals surface area contributed by atoms with Crippen molar-refractivity contribution in [3.63, 3.8) is 0 Å². The second-order valence-electron chi connectivity index (χ2n) is 5.01. The highest BCUT2D eigenvalue weighted by Gasteiger charge is 2.11. The third kappa shape index (κ3) is 3.41. The van der Waals surface area contributed by atoms with Gasteiger partial charge in [-0.05, 0) is 57.5 Å². The Morgan fingerprint density at radius 3 is 2.47 bits per heavy atom. The van der Waals surface area contributed by atoms with Crippen LogP contribution in [-0.2, 0) is 13.5 Å². The Bertz CT molecular complexity index is 525. The van der Waals surface area contributed by atoms with Gasteiger partial charge >= 0.3 is 0 Å². The lowest BCUT2D eigenvalue weighted by atomic mass is 10.0. The average Bonchev–Trinajstić information content (AvgIpc) is 2.75. The van der Waals surface area contributed by atoms with Crippen molar-refractivity contribution in [3.05, 3.63) is 47.0 Å². The van der Waals surface area contributed by atoms with Crippen molar-refractivity contribution in [1.82, 2.24) is 20.1 Å². The van der Waals surface area contributed by atoms with Crippen molar-refractivity contribution in [2.45, 2.75) is 32.7 Å². The Morgan fingerprint density at radius 2 is 1.95 bits per heavy atom. The monoisotopic (exact) mass is 258 g/mol. The van der Waals surface area contributed by atoms with Gasteiger partial charge in [0.15, 0.2) is 0 Å². The van der Waals surface area contributed by atoms with Crippen LogP contribution in [0.5, 0.6) is 0 Å². The molecule has 0 amide bonds. The smallest absolute Gasteiger partial charge is 0.0492 e. The number of nitrogens with zero attached hydrogens (tertiary/aromatic N) is 3. The first-order valence-corrected chi connectivity index (χ1v) is 6.69. The van der Waals surface area contributed by atoms with Crippen LogP contribution in [0.25, 0.3) is 0 Å². The second kappa shape index (κ2) is 5.97.